The van der Waals surface area contributed by atoms with E-state index in [0.29, 0.717) is 0 Å². The Kier molecular flexibility index (Phi) is 3.32. The maximum absolute atomic E-state index is 11.1. The van der Waals surface area contributed by atoms with Gasteiger partial charge in [-0.05, 0) is 6.07 Å². The Morgan fingerprint density at radius 2 is 1.71 bits per heavy atom. The molecule has 1 aromatic carbocycles. The molecule has 1 rings (SSSR count). The number of benzene rings is 1. The van der Waals surface area contributed by atoms with E-state index < -0.39 is 34.6 Å². The topological polar surface area (TPSA) is 121 Å². The van der Waals surface area contributed by atoms with Crippen LogP contribution in [-0.4, -0.2) is 40.2 Å². The molecule has 0 amide bonds. The van der Waals surface area contributed by atoms with Crippen molar-refractivity contribution in [1.29, 1.82) is 0 Å². The number of phenolic OH excluding ortho intramolecular Hbond substituents is 1. The van der Waals surface area contributed by atoms with Crippen LogP contribution in [0.3, 0.4) is 0 Å². The molecule has 0 radical (unpaired) electrons. The van der Waals surface area contributed by atoms with Gasteiger partial charge in [-0.1, -0.05) is 0 Å². The van der Waals surface area contributed by atoms with Crippen LogP contribution >= 0.6 is 0 Å². The summed E-state index contributed by atoms with van der Waals surface area (Å²) in [5.41, 5.74) is -1.01. The normalized spacial score (nSPS) is 9.71. The SMILES string of the molecule is COc1cc(O)c(C(=O)C(=O)O)cc1C(=O)O. The number of carbonyl (C=O) groups is 3. The van der Waals surface area contributed by atoms with Gasteiger partial charge in [-0.15, -0.1) is 0 Å². The summed E-state index contributed by atoms with van der Waals surface area (Å²) in [5, 5.41) is 26.7. The van der Waals surface area contributed by atoms with Gasteiger partial charge in [0.2, 0.25) is 0 Å². The number of methoxy groups -OCH3 is 1. The van der Waals surface area contributed by atoms with Crippen molar-refractivity contribution in [3.8, 4) is 11.5 Å². The molecule has 1 aromatic rings. The highest BCUT2D eigenvalue weighted by Gasteiger charge is 2.23. The molecule has 0 unspecified atom stereocenters. The van der Waals surface area contributed by atoms with E-state index in [0.717, 1.165) is 12.1 Å². The molecule has 0 fully saturated rings. The smallest absolute Gasteiger partial charge is 0.377 e. The van der Waals surface area contributed by atoms with Crippen LogP contribution in [0.5, 0.6) is 11.5 Å². The number of Topliss-reactive ketones (excluding diaryl/α,β-unsaturated/α-hetero) is 1. The number of aromatic carboxylic acids is 1. The Bertz CT molecular complexity index is 504. The van der Waals surface area contributed by atoms with Crippen LogP contribution in [0.15, 0.2) is 12.1 Å². The summed E-state index contributed by atoms with van der Waals surface area (Å²) in [6, 6.07) is 1.63. The molecule has 7 heteroatoms. The van der Waals surface area contributed by atoms with Crippen LogP contribution in [0.25, 0.3) is 0 Å². The zero-order valence-electron chi connectivity index (χ0n) is 8.63. The molecular formula is C10H8O7. The van der Waals surface area contributed by atoms with Gasteiger partial charge in [-0.2, -0.15) is 0 Å². The molecule has 0 atom stereocenters. The summed E-state index contributed by atoms with van der Waals surface area (Å²) in [4.78, 5) is 32.4. The number of hydrogen-bond donors (Lipinski definition) is 3. The van der Waals surface area contributed by atoms with Crippen LogP contribution in [0.2, 0.25) is 0 Å². The minimum absolute atomic E-state index is 0.170. The first-order chi connectivity index (χ1) is 7.88. The van der Waals surface area contributed by atoms with Crippen molar-refractivity contribution >= 4 is 17.7 Å². The van der Waals surface area contributed by atoms with Gasteiger partial charge in [0.25, 0.3) is 5.78 Å². The van der Waals surface area contributed by atoms with Gasteiger partial charge in [0.05, 0.1) is 12.7 Å². The minimum atomic E-state index is -1.79. The van der Waals surface area contributed by atoms with E-state index in [-0.39, 0.29) is 5.75 Å². The van der Waals surface area contributed by atoms with E-state index >= 15 is 0 Å². The third-order valence-corrected chi connectivity index (χ3v) is 1.99. The van der Waals surface area contributed by atoms with E-state index in [9.17, 15) is 19.5 Å². The summed E-state index contributed by atoms with van der Waals surface area (Å²) < 4.78 is 4.68. The monoisotopic (exact) mass is 240 g/mol. The Hall–Kier alpha value is -2.57. The highest BCUT2D eigenvalue weighted by Crippen LogP contribution is 2.28. The number of aromatic hydroxyl groups is 1. The van der Waals surface area contributed by atoms with Gasteiger partial charge in [0, 0.05) is 6.07 Å². The lowest BCUT2D eigenvalue weighted by Gasteiger charge is -2.08. The molecule has 0 bridgehead atoms. The Morgan fingerprint density at radius 1 is 1.12 bits per heavy atom. The average molecular weight is 240 g/mol. The molecule has 0 saturated carbocycles. The Balaban J connectivity index is 3.44. The maximum Gasteiger partial charge on any atom is 0.377 e. The third kappa shape index (κ3) is 2.33. The zero-order chi connectivity index (χ0) is 13.2. The number of ether oxygens (including phenoxy) is 1. The zero-order valence-corrected chi connectivity index (χ0v) is 8.63. The number of aliphatic carboxylic acids is 1. The standard InChI is InChI=1S/C10H8O7/c1-17-7-3-6(11)4(8(12)10(15)16)2-5(7)9(13)14/h2-3,11H,1H3,(H,13,14)(H,15,16). The van der Waals surface area contributed by atoms with E-state index in [2.05, 4.69) is 4.74 Å². The van der Waals surface area contributed by atoms with Crippen molar-refractivity contribution in [2.45, 2.75) is 0 Å². The second-order valence-corrected chi connectivity index (χ2v) is 3.01. The predicted molar refractivity (Wildman–Crippen MR) is 53.6 cm³/mol. The number of carbonyl (C=O) groups excluding carboxylic acids is 1. The second kappa shape index (κ2) is 4.52. The van der Waals surface area contributed by atoms with Crippen molar-refractivity contribution in [3.05, 3.63) is 23.3 Å². The molecule has 0 spiro atoms. The molecule has 0 saturated heterocycles. The first-order valence-corrected chi connectivity index (χ1v) is 4.30. The van der Waals surface area contributed by atoms with E-state index in [1.807, 2.05) is 0 Å². The summed E-state index contributed by atoms with van der Waals surface area (Å²) >= 11 is 0. The molecule has 90 valence electrons. The van der Waals surface area contributed by atoms with Crippen LogP contribution in [0.4, 0.5) is 0 Å². The fourth-order valence-corrected chi connectivity index (χ4v) is 1.20. The second-order valence-electron chi connectivity index (χ2n) is 3.01. The molecular weight excluding hydrogens is 232 g/mol. The Labute approximate surface area is 94.9 Å². The number of hydrogen-bond acceptors (Lipinski definition) is 5. The van der Waals surface area contributed by atoms with Gasteiger partial charge in [-0.3, -0.25) is 4.79 Å². The minimum Gasteiger partial charge on any atom is -0.507 e. The summed E-state index contributed by atoms with van der Waals surface area (Å²) in [6.45, 7) is 0. The molecule has 17 heavy (non-hydrogen) atoms. The average Bonchev–Trinajstić information content (AvgIpc) is 2.27. The highest BCUT2D eigenvalue weighted by molar-refractivity contribution is 6.40. The molecule has 3 N–H and O–H groups in total. The first kappa shape index (κ1) is 12.5. The number of carboxylic acids is 2. The molecule has 0 aliphatic heterocycles. The van der Waals surface area contributed by atoms with Gasteiger partial charge < -0.3 is 20.1 Å². The maximum atomic E-state index is 11.1. The lowest BCUT2D eigenvalue weighted by Crippen LogP contribution is -2.14. The van der Waals surface area contributed by atoms with Crippen molar-refractivity contribution < 1.29 is 34.4 Å². The van der Waals surface area contributed by atoms with Crippen molar-refractivity contribution in [2.24, 2.45) is 0 Å². The molecule has 0 aromatic heterocycles. The molecule has 0 aliphatic rings. The summed E-state index contributed by atoms with van der Waals surface area (Å²) in [5.74, 6) is -5.41. The fraction of sp³-hybridized carbons (Fsp3) is 0.100. The quantitative estimate of drug-likeness (QED) is 0.513. The predicted octanol–water partition coefficient (Wildman–Crippen LogP) is 0.366. The summed E-state index contributed by atoms with van der Waals surface area (Å²) in [6.07, 6.45) is 0. The third-order valence-electron chi connectivity index (χ3n) is 1.99. The first-order valence-electron chi connectivity index (χ1n) is 4.30. The van der Waals surface area contributed by atoms with E-state index in [1.54, 1.807) is 0 Å². The largest absolute Gasteiger partial charge is 0.507 e. The number of phenols is 1. The van der Waals surface area contributed by atoms with Crippen molar-refractivity contribution in [3.63, 3.8) is 0 Å². The molecule has 0 heterocycles. The van der Waals surface area contributed by atoms with E-state index in [4.69, 9.17) is 10.2 Å². The molecule has 0 aliphatic carbocycles. The van der Waals surface area contributed by atoms with Gasteiger partial charge in [0.1, 0.15) is 17.1 Å². The van der Waals surface area contributed by atoms with Crippen molar-refractivity contribution in [1.82, 2.24) is 0 Å². The van der Waals surface area contributed by atoms with Gasteiger partial charge in [0.15, 0.2) is 0 Å². The van der Waals surface area contributed by atoms with Crippen molar-refractivity contribution in [2.75, 3.05) is 7.11 Å². The van der Waals surface area contributed by atoms with Crippen LogP contribution < -0.4 is 4.74 Å². The van der Waals surface area contributed by atoms with Crippen LogP contribution in [0.1, 0.15) is 20.7 Å². The van der Waals surface area contributed by atoms with Crippen LogP contribution in [0, 0.1) is 0 Å². The lowest BCUT2D eigenvalue weighted by molar-refractivity contribution is -0.131. The Morgan fingerprint density at radius 3 is 2.12 bits per heavy atom. The number of rotatable bonds is 4. The fourth-order valence-electron chi connectivity index (χ4n) is 1.20. The highest BCUT2D eigenvalue weighted by atomic mass is 16.5. The van der Waals surface area contributed by atoms with Gasteiger partial charge >= 0.3 is 11.9 Å². The number of carboxylic acid groups (broad SMARTS) is 2. The number of ketones is 1. The lowest BCUT2D eigenvalue weighted by atomic mass is 10.0. The summed E-state index contributed by atoms with van der Waals surface area (Å²) in [7, 11) is 1.18. The van der Waals surface area contributed by atoms with Gasteiger partial charge in [-0.25, -0.2) is 9.59 Å². The van der Waals surface area contributed by atoms with E-state index in [1.165, 1.54) is 7.11 Å². The van der Waals surface area contributed by atoms with Crippen LogP contribution in [-0.2, 0) is 4.79 Å². The molecule has 7 nitrogen and oxygen atoms in total.